The van der Waals surface area contributed by atoms with Crippen LogP contribution in [0.4, 0.5) is 4.39 Å². The average molecular weight is 388 g/mol. The lowest BCUT2D eigenvalue weighted by Crippen LogP contribution is -1.95. The fourth-order valence-corrected chi connectivity index (χ4v) is 3.60. The molecule has 0 aliphatic rings. The molecule has 0 fully saturated rings. The Hall–Kier alpha value is -3.45. The molecule has 7 heteroatoms. The van der Waals surface area contributed by atoms with Crippen molar-refractivity contribution in [1.82, 2.24) is 19.9 Å². The Labute approximate surface area is 163 Å². The lowest BCUT2D eigenvalue weighted by atomic mass is 10.1. The third-order valence-corrected chi connectivity index (χ3v) is 5.10. The molecule has 5 rings (SSSR count). The van der Waals surface area contributed by atoms with Gasteiger partial charge < -0.3 is 4.42 Å². The molecule has 0 saturated heterocycles. The molecule has 0 bridgehead atoms. The van der Waals surface area contributed by atoms with Gasteiger partial charge in [0.15, 0.2) is 0 Å². The van der Waals surface area contributed by atoms with Crippen LogP contribution in [0.1, 0.15) is 5.76 Å². The van der Waals surface area contributed by atoms with E-state index >= 15 is 0 Å². The van der Waals surface area contributed by atoms with Crippen molar-refractivity contribution in [3.63, 3.8) is 0 Å². The van der Waals surface area contributed by atoms with E-state index in [0.29, 0.717) is 17.3 Å². The highest BCUT2D eigenvalue weighted by atomic mass is 32.1. The zero-order valence-corrected chi connectivity index (χ0v) is 15.6. The Kier molecular flexibility index (Phi) is 3.95. The summed E-state index contributed by atoms with van der Waals surface area (Å²) in [5, 5.41) is 0. The number of aromatic nitrogens is 4. The predicted molar refractivity (Wildman–Crippen MR) is 106 cm³/mol. The molecule has 0 N–H and O–H groups in total. The molecule has 0 amide bonds. The average Bonchev–Trinajstić information content (AvgIpc) is 3.39. The van der Waals surface area contributed by atoms with Gasteiger partial charge in [0.2, 0.25) is 5.89 Å². The van der Waals surface area contributed by atoms with E-state index in [0.717, 1.165) is 32.8 Å². The molecule has 0 radical (unpaired) electrons. The van der Waals surface area contributed by atoms with Gasteiger partial charge in [0, 0.05) is 17.3 Å². The van der Waals surface area contributed by atoms with Crippen LogP contribution < -0.4 is 0 Å². The summed E-state index contributed by atoms with van der Waals surface area (Å²) < 4.78 is 19.0. The van der Waals surface area contributed by atoms with E-state index < -0.39 is 0 Å². The monoisotopic (exact) mass is 388 g/mol. The standard InChI is InChI=1S/C21H13FN4OS/c1-12-9-24-21(27-12)14-4-7-16-17(8-14)26-20(18-10-23-11-28-18)19(25-16)13-2-5-15(22)6-3-13/h2-11H,1H3. The largest absolute Gasteiger partial charge is 0.441 e. The molecular formula is C21H13FN4OS. The quantitative estimate of drug-likeness (QED) is 0.407. The summed E-state index contributed by atoms with van der Waals surface area (Å²) >= 11 is 1.48. The van der Waals surface area contributed by atoms with Crippen molar-refractivity contribution in [2.75, 3.05) is 0 Å². The molecule has 0 atom stereocenters. The van der Waals surface area contributed by atoms with Crippen molar-refractivity contribution >= 4 is 22.4 Å². The minimum atomic E-state index is -0.289. The molecule has 0 spiro atoms. The van der Waals surface area contributed by atoms with Gasteiger partial charge in [-0.15, -0.1) is 11.3 Å². The first-order chi connectivity index (χ1) is 13.7. The van der Waals surface area contributed by atoms with Gasteiger partial charge in [-0.2, -0.15) is 0 Å². The lowest BCUT2D eigenvalue weighted by molar-refractivity contribution is 0.542. The normalized spacial score (nSPS) is 11.2. The summed E-state index contributed by atoms with van der Waals surface area (Å²) in [5.74, 6) is 1.00. The lowest BCUT2D eigenvalue weighted by Gasteiger charge is -2.09. The summed E-state index contributed by atoms with van der Waals surface area (Å²) in [6, 6.07) is 12.0. The number of nitrogens with zero attached hydrogens (tertiary/aromatic N) is 4. The molecule has 3 heterocycles. The molecule has 136 valence electrons. The van der Waals surface area contributed by atoms with Crippen LogP contribution in [0.2, 0.25) is 0 Å². The number of oxazole rings is 1. The number of halogens is 1. The van der Waals surface area contributed by atoms with E-state index in [4.69, 9.17) is 14.4 Å². The first-order valence-corrected chi connectivity index (χ1v) is 9.45. The first-order valence-electron chi connectivity index (χ1n) is 8.57. The topological polar surface area (TPSA) is 64.7 Å². The number of aryl methyl sites for hydroxylation is 1. The second kappa shape index (κ2) is 6.61. The number of hydrogen-bond donors (Lipinski definition) is 0. The molecule has 5 aromatic rings. The van der Waals surface area contributed by atoms with Gasteiger partial charge in [-0.1, -0.05) is 0 Å². The molecule has 0 saturated carbocycles. The summed E-state index contributed by atoms with van der Waals surface area (Å²) in [6.45, 7) is 1.86. The van der Waals surface area contributed by atoms with E-state index in [-0.39, 0.29) is 5.82 Å². The number of thiazole rings is 1. The molecular weight excluding hydrogens is 375 g/mol. The van der Waals surface area contributed by atoms with E-state index in [1.165, 1.54) is 23.5 Å². The smallest absolute Gasteiger partial charge is 0.226 e. The van der Waals surface area contributed by atoms with Crippen LogP contribution >= 0.6 is 11.3 Å². The third kappa shape index (κ3) is 2.95. The Morgan fingerprint density at radius 3 is 2.39 bits per heavy atom. The summed E-state index contributed by atoms with van der Waals surface area (Å²) in [7, 11) is 0. The van der Waals surface area contributed by atoms with Gasteiger partial charge in [-0.25, -0.2) is 19.3 Å². The zero-order valence-electron chi connectivity index (χ0n) is 14.8. The van der Waals surface area contributed by atoms with Crippen LogP contribution in [0.25, 0.3) is 44.3 Å². The maximum absolute atomic E-state index is 13.4. The van der Waals surface area contributed by atoms with Crippen molar-refractivity contribution in [3.05, 3.63) is 71.9 Å². The second-order valence-corrected chi connectivity index (χ2v) is 7.16. The molecule has 0 unspecified atom stereocenters. The molecule has 5 nitrogen and oxygen atoms in total. The van der Waals surface area contributed by atoms with Crippen LogP contribution in [-0.2, 0) is 0 Å². The van der Waals surface area contributed by atoms with Crippen molar-refractivity contribution in [1.29, 1.82) is 0 Å². The number of fused-ring (bicyclic) bond motifs is 1. The number of benzene rings is 2. The maximum atomic E-state index is 13.4. The Balaban J connectivity index is 1.73. The van der Waals surface area contributed by atoms with Crippen molar-refractivity contribution in [2.45, 2.75) is 6.92 Å². The van der Waals surface area contributed by atoms with Crippen LogP contribution in [0.15, 0.2) is 64.8 Å². The molecule has 2 aromatic carbocycles. The van der Waals surface area contributed by atoms with Gasteiger partial charge in [0.25, 0.3) is 0 Å². The summed E-state index contributed by atoms with van der Waals surface area (Å²) in [5.41, 5.74) is 6.24. The highest BCUT2D eigenvalue weighted by molar-refractivity contribution is 7.13. The SMILES string of the molecule is Cc1cnc(-c2ccc3nc(-c4ccc(F)cc4)c(-c4cncs4)nc3c2)o1. The van der Waals surface area contributed by atoms with E-state index in [9.17, 15) is 4.39 Å². The summed E-state index contributed by atoms with van der Waals surface area (Å²) in [6.07, 6.45) is 3.44. The maximum Gasteiger partial charge on any atom is 0.226 e. The molecule has 0 aliphatic carbocycles. The van der Waals surface area contributed by atoms with Crippen LogP contribution in [-0.4, -0.2) is 19.9 Å². The van der Waals surface area contributed by atoms with Gasteiger partial charge in [-0.3, -0.25) is 4.98 Å². The fourth-order valence-electron chi connectivity index (χ4n) is 2.99. The Morgan fingerprint density at radius 2 is 1.68 bits per heavy atom. The third-order valence-electron chi connectivity index (χ3n) is 4.32. The van der Waals surface area contributed by atoms with Gasteiger partial charge in [0.05, 0.1) is 33.3 Å². The minimum Gasteiger partial charge on any atom is -0.441 e. The highest BCUT2D eigenvalue weighted by Crippen LogP contribution is 2.34. The first kappa shape index (κ1) is 16.7. The van der Waals surface area contributed by atoms with Gasteiger partial charge in [0.1, 0.15) is 17.3 Å². The highest BCUT2D eigenvalue weighted by Gasteiger charge is 2.16. The summed E-state index contributed by atoms with van der Waals surface area (Å²) in [4.78, 5) is 19.0. The number of hydrogen-bond acceptors (Lipinski definition) is 6. The van der Waals surface area contributed by atoms with Crippen molar-refractivity contribution in [3.8, 4) is 33.3 Å². The van der Waals surface area contributed by atoms with E-state index in [1.807, 2.05) is 25.1 Å². The number of rotatable bonds is 3. The zero-order chi connectivity index (χ0) is 19.1. The minimum absolute atomic E-state index is 0.289. The van der Waals surface area contributed by atoms with Gasteiger partial charge >= 0.3 is 0 Å². The second-order valence-electron chi connectivity index (χ2n) is 6.27. The van der Waals surface area contributed by atoms with Gasteiger partial charge in [-0.05, 0) is 49.4 Å². The van der Waals surface area contributed by atoms with Crippen molar-refractivity contribution < 1.29 is 8.81 Å². The Bertz CT molecular complexity index is 1280. The molecule has 28 heavy (non-hydrogen) atoms. The fraction of sp³-hybridized carbons (Fsp3) is 0.0476. The molecule has 0 aliphatic heterocycles. The predicted octanol–water partition coefficient (Wildman–Crippen LogP) is 5.52. The van der Waals surface area contributed by atoms with Crippen LogP contribution in [0, 0.1) is 12.7 Å². The van der Waals surface area contributed by atoms with E-state index in [2.05, 4.69) is 9.97 Å². The molecule has 3 aromatic heterocycles. The van der Waals surface area contributed by atoms with Crippen molar-refractivity contribution in [2.24, 2.45) is 0 Å². The van der Waals surface area contributed by atoms with Crippen LogP contribution in [0.5, 0.6) is 0 Å². The van der Waals surface area contributed by atoms with Crippen LogP contribution in [0.3, 0.4) is 0 Å². The van der Waals surface area contributed by atoms with E-state index in [1.54, 1.807) is 30.0 Å². The Morgan fingerprint density at radius 1 is 0.893 bits per heavy atom.